The van der Waals surface area contributed by atoms with Crippen molar-refractivity contribution in [1.82, 2.24) is 15.2 Å². The zero-order valence-corrected chi connectivity index (χ0v) is 9.41. The van der Waals surface area contributed by atoms with Crippen molar-refractivity contribution >= 4 is 11.6 Å². The second kappa shape index (κ2) is 4.32. The lowest BCUT2D eigenvalue weighted by Gasteiger charge is -2.05. The molecule has 2 aromatic rings. The summed E-state index contributed by atoms with van der Waals surface area (Å²) in [4.78, 5) is 13.8. The molecule has 2 rings (SSSR count). The maximum absolute atomic E-state index is 13.3. The maximum Gasteiger partial charge on any atom is 0.273 e. The molecular formula is C11H11FN4O. The molecule has 0 atom stereocenters. The van der Waals surface area contributed by atoms with Crippen LogP contribution in [0.2, 0.25) is 0 Å². The lowest BCUT2D eigenvalue weighted by atomic mass is 10.2. The summed E-state index contributed by atoms with van der Waals surface area (Å²) in [5.41, 5.74) is 1.02. The Balaban J connectivity index is 2.28. The van der Waals surface area contributed by atoms with E-state index in [9.17, 15) is 9.18 Å². The van der Waals surface area contributed by atoms with E-state index >= 15 is 0 Å². The number of nitrogens with one attached hydrogen (secondary N) is 2. The molecule has 0 bridgehead atoms. The zero-order chi connectivity index (χ0) is 12.4. The molecule has 0 fully saturated rings. The molecule has 1 aromatic heterocycles. The Hall–Kier alpha value is -2.24. The third kappa shape index (κ3) is 2.47. The summed E-state index contributed by atoms with van der Waals surface area (Å²) in [6.45, 7) is 3.23. The van der Waals surface area contributed by atoms with Crippen LogP contribution in [-0.2, 0) is 0 Å². The molecule has 0 radical (unpaired) electrons. The number of aromatic nitrogens is 3. The van der Waals surface area contributed by atoms with E-state index in [2.05, 4.69) is 20.5 Å². The van der Waals surface area contributed by atoms with Crippen molar-refractivity contribution in [3.63, 3.8) is 0 Å². The van der Waals surface area contributed by atoms with Crippen molar-refractivity contribution in [1.29, 1.82) is 0 Å². The van der Waals surface area contributed by atoms with Gasteiger partial charge in [0, 0.05) is 5.69 Å². The van der Waals surface area contributed by atoms with Gasteiger partial charge in [-0.2, -0.15) is 0 Å². The molecule has 0 amide bonds. The lowest BCUT2D eigenvalue weighted by Crippen LogP contribution is -2.15. The van der Waals surface area contributed by atoms with Gasteiger partial charge < -0.3 is 5.32 Å². The first-order valence-corrected chi connectivity index (χ1v) is 5.03. The number of aromatic amines is 1. The van der Waals surface area contributed by atoms with Gasteiger partial charge in [0.25, 0.3) is 5.56 Å². The Morgan fingerprint density at radius 1 is 1.29 bits per heavy atom. The summed E-state index contributed by atoms with van der Waals surface area (Å²) >= 11 is 0. The number of H-pyrrole nitrogens is 1. The fourth-order valence-electron chi connectivity index (χ4n) is 1.26. The van der Waals surface area contributed by atoms with Gasteiger partial charge in [0.15, 0.2) is 0 Å². The van der Waals surface area contributed by atoms with E-state index in [1.54, 1.807) is 26.0 Å². The molecule has 0 saturated heterocycles. The van der Waals surface area contributed by atoms with E-state index in [4.69, 9.17) is 0 Å². The van der Waals surface area contributed by atoms with Crippen LogP contribution in [0.1, 0.15) is 11.3 Å². The molecule has 17 heavy (non-hydrogen) atoms. The predicted molar refractivity (Wildman–Crippen MR) is 61.8 cm³/mol. The summed E-state index contributed by atoms with van der Waals surface area (Å²) in [5, 5.41) is 10.2. The number of benzene rings is 1. The Labute approximate surface area is 96.7 Å². The normalized spacial score (nSPS) is 10.3. The van der Waals surface area contributed by atoms with E-state index in [0.29, 0.717) is 11.3 Å². The van der Waals surface area contributed by atoms with Gasteiger partial charge in [0.2, 0.25) is 5.95 Å². The van der Waals surface area contributed by atoms with Crippen LogP contribution in [0.25, 0.3) is 0 Å². The summed E-state index contributed by atoms with van der Waals surface area (Å²) in [6, 6.07) is 4.66. The van der Waals surface area contributed by atoms with E-state index in [-0.39, 0.29) is 23.0 Å². The average Bonchev–Trinajstić information content (AvgIpc) is 2.29. The summed E-state index contributed by atoms with van der Waals surface area (Å²) in [5.74, 6) is -0.138. The van der Waals surface area contributed by atoms with Crippen molar-refractivity contribution in [2.75, 3.05) is 5.32 Å². The van der Waals surface area contributed by atoms with E-state index in [0.717, 1.165) is 0 Å². The van der Waals surface area contributed by atoms with E-state index < -0.39 is 0 Å². The average molecular weight is 234 g/mol. The third-order valence-electron chi connectivity index (χ3n) is 2.30. The molecular weight excluding hydrogens is 223 g/mol. The number of hydrogen-bond donors (Lipinski definition) is 2. The van der Waals surface area contributed by atoms with Gasteiger partial charge in [0.1, 0.15) is 11.5 Å². The highest BCUT2D eigenvalue weighted by Gasteiger charge is 2.03. The van der Waals surface area contributed by atoms with Crippen LogP contribution in [-0.4, -0.2) is 15.2 Å². The second-order valence-electron chi connectivity index (χ2n) is 3.68. The first kappa shape index (κ1) is 11.3. The summed E-state index contributed by atoms with van der Waals surface area (Å²) in [7, 11) is 0. The minimum Gasteiger partial charge on any atom is -0.324 e. The molecule has 6 heteroatoms. The van der Waals surface area contributed by atoms with Crippen LogP contribution in [0.4, 0.5) is 16.0 Å². The number of nitrogens with zero attached hydrogens (tertiary/aromatic N) is 2. The molecule has 0 aliphatic heterocycles. The molecule has 1 aromatic carbocycles. The lowest BCUT2D eigenvalue weighted by molar-refractivity contribution is 0.619. The Bertz CT molecular complexity index is 609. The molecule has 2 N–H and O–H groups in total. The van der Waals surface area contributed by atoms with Crippen molar-refractivity contribution in [3.8, 4) is 0 Å². The first-order chi connectivity index (χ1) is 8.06. The largest absolute Gasteiger partial charge is 0.324 e. The predicted octanol–water partition coefficient (Wildman–Crippen LogP) is 1.66. The topological polar surface area (TPSA) is 70.7 Å². The quantitative estimate of drug-likeness (QED) is 0.829. The third-order valence-corrected chi connectivity index (χ3v) is 2.30. The SMILES string of the molecule is Cc1ccc(Nc2nnc(C)c(=O)[nH]2)cc1F. The van der Waals surface area contributed by atoms with Gasteiger partial charge in [-0.3, -0.25) is 9.78 Å². The van der Waals surface area contributed by atoms with Crippen molar-refractivity contribution in [3.05, 3.63) is 45.6 Å². The van der Waals surface area contributed by atoms with Crippen molar-refractivity contribution < 1.29 is 4.39 Å². The molecule has 0 aliphatic carbocycles. The number of hydrogen-bond acceptors (Lipinski definition) is 4. The molecule has 88 valence electrons. The molecule has 0 aliphatic rings. The van der Waals surface area contributed by atoms with E-state index in [1.807, 2.05) is 0 Å². The molecule has 5 nitrogen and oxygen atoms in total. The maximum atomic E-state index is 13.3. The highest BCUT2D eigenvalue weighted by atomic mass is 19.1. The Kier molecular flexibility index (Phi) is 2.86. The summed E-state index contributed by atoms with van der Waals surface area (Å²) < 4.78 is 13.3. The minimum absolute atomic E-state index is 0.184. The van der Waals surface area contributed by atoms with Gasteiger partial charge in [0.05, 0.1) is 0 Å². The minimum atomic E-state index is -0.324. The van der Waals surface area contributed by atoms with Gasteiger partial charge in [-0.1, -0.05) is 6.07 Å². The zero-order valence-electron chi connectivity index (χ0n) is 9.41. The molecule has 1 heterocycles. The van der Waals surface area contributed by atoms with E-state index in [1.165, 1.54) is 6.07 Å². The van der Waals surface area contributed by atoms with Gasteiger partial charge in [-0.15, -0.1) is 10.2 Å². The van der Waals surface area contributed by atoms with Crippen molar-refractivity contribution in [2.24, 2.45) is 0 Å². The molecule has 0 unspecified atom stereocenters. The highest BCUT2D eigenvalue weighted by molar-refractivity contribution is 5.53. The van der Waals surface area contributed by atoms with Gasteiger partial charge >= 0.3 is 0 Å². The number of halogens is 1. The fourth-order valence-corrected chi connectivity index (χ4v) is 1.26. The van der Waals surface area contributed by atoms with Crippen LogP contribution in [0, 0.1) is 19.7 Å². The van der Waals surface area contributed by atoms with Crippen LogP contribution in [0.3, 0.4) is 0 Å². The molecule has 0 spiro atoms. The van der Waals surface area contributed by atoms with Crippen LogP contribution >= 0.6 is 0 Å². The number of aryl methyl sites for hydroxylation is 2. The van der Waals surface area contributed by atoms with Gasteiger partial charge in [-0.25, -0.2) is 4.39 Å². The smallest absolute Gasteiger partial charge is 0.273 e. The fraction of sp³-hybridized carbons (Fsp3) is 0.182. The van der Waals surface area contributed by atoms with Crippen molar-refractivity contribution in [2.45, 2.75) is 13.8 Å². The Morgan fingerprint density at radius 3 is 2.71 bits per heavy atom. The summed E-state index contributed by atoms with van der Waals surface area (Å²) in [6.07, 6.45) is 0. The number of rotatable bonds is 2. The number of anilines is 2. The first-order valence-electron chi connectivity index (χ1n) is 5.03. The monoisotopic (exact) mass is 234 g/mol. The second-order valence-corrected chi connectivity index (χ2v) is 3.68. The van der Waals surface area contributed by atoms with Gasteiger partial charge in [-0.05, 0) is 31.5 Å². The molecule has 0 saturated carbocycles. The van der Waals surface area contributed by atoms with Crippen LogP contribution in [0.15, 0.2) is 23.0 Å². The Morgan fingerprint density at radius 2 is 2.06 bits per heavy atom. The standard InChI is InChI=1S/C11H11FN4O/c1-6-3-4-8(5-9(6)12)13-11-14-10(17)7(2)15-16-11/h3-5H,1-2H3,(H2,13,14,16,17). The highest BCUT2D eigenvalue weighted by Crippen LogP contribution is 2.15. The van der Waals surface area contributed by atoms with Crippen LogP contribution < -0.4 is 10.9 Å². The van der Waals surface area contributed by atoms with Crippen LogP contribution in [0.5, 0.6) is 0 Å².